The summed E-state index contributed by atoms with van der Waals surface area (Å²) in [6.45, 7) is 3.80. The molecule has 1 aromatic heterocycles. The fourth-order valence-electron chi connectivity index (χ4n) is 5.68. The van der Waals surface area contributed by atoms with Gasteiger partial charge in [0.2, 0.25) is 5.91 Å². The predicted molar refractivity (Wildman–Crippen MR) is 171 cm³/mol. The highest BCUT2D eigenvalue weighted by molar-refractivity contribution is 6.30. The van der Waals surface area contributed by atoms with E-state index in [9.17, 15) is 27.9 Å². The van der Waals surface area contributed by atoms with Gasteiger partial charge in [-0.15, -0.1) is 0 Å². The first-order chi connectivity index (χ1) is 21.8. The molecule has 0 aliphatic heterocycles. The Balaban J connectivity index is 1.38. The molecule has 6 nitrogen and oxygen atoms in total. The quantitative estimate of drug-likeness (QED) is 0.173. The van der Waals surface area contributed by atoms with E-state index in [0.717, 1.165) is 17.7 Å². The van der Waals surface area contributed by atoms with Crippen LogP contribution in [-0.2, 0) is 11.0 Å². The van der Waals surface area contributed by atoms with Crippen LogP contribution in [0.5, 0.6) is 11.5 Å². The molecule has 5 rings (SSSR count). The Hall–Kier alpha value is -4.76. The zero-order valence-electron chi connectivity index (χ0n) is 25.4. The van der Waals surface area contributed by atoms with Crippen LogP contribution in [0.4, 0.5) is 13.2 Å². The highest BCUT2D eigenvalue weighted by atomic mass is 35.5. The Morgan fingerprint density at radius 2 is 1.61 bits per heavy atom. The standard InChI is InChI=1S/C36H32ClF3N2O4/c1-22(33-23(2)42(31-18-15-28(43)21-30(31)33)35(45)25-9-13-27(37)14-10-25)34(44)41(3)20-19-32(24-7-5-4-6-8-24)46-29-16-11-26(12-17-29)36(38,39)40/h4-18,21-22,32,43H,19-20H2,1-3H3. The van der Waals surface area contributed by atoms with Crippen LogP contribution in [0.15, 0.2) is 97.1 Å². The summed E-state index contributed by atoms with van der Waals surface area (Å²) >= 11 is 6.02. The van der Waals surface area contributed by atoms with Gasteiger partial charge in [0.1, 0.15) is 17.6 Å². The molecule has 2 atom stereocenters. The minimum Gasteiger partial charge on any atom is -0.508 e. The summed E-state index contributed by atoms with van der Waals surface area (Å²) in [4.78, 5) is 29.1. The molecule has 1 N–H and O–H groups in total. The Labute approximate surface area is 269 Å². The summed E-state index contributed by atoms with van der Waals surface area (Å²) in [5, 5.41) is 11.4. The lowest BCUT2D eigenvalue weighted by Gasteiger charge is -2.26. The van der Waals surface area contributed by atoms with Crippen LogP contribution in [0.25, 0.3) is 10.9 Å². The molecular formula is C36H32ClF3N2O4. The summed E-state index contributed by atoms with van der Waals surface area (Å²) < 4.78 is 46.9. The average molecular weight is 649 g/mol. The molecule has 0 spiro atoms. The number of benzene rings is 4. The summed E-state index contributed by atoms with van der Waals surface area (Å²) in [6, 6.07) is 25.0. The number of phenols is 1. The maximum absolute atomic E-state index is 13.9. The van der Waals surface area contributed by atoms with Crippen molar-refractivity contribution in [3.63, 3.8) is 0 Å². The minimum absolute atomic E-state index is 0.00367. The van der Waals surface area contributed by atoms with E-state index >= 15 is 0 Å². The molecular weight excluding hydrogens is 617 g/mol. The van der Waals surface area contributed by atoms with Gasteiger partial charge in [-0.25, -0.2) is 0 Å². The van der Waals surface area contributed by atoms with E-state index in [2.05, 4.69) is 0 Å². The number of ether oxygens (including phenoxy) is 1. The van der Waals surface area contributed by atoms with Crippen molar-refractivity contribution in [1.82, 2.24) is 9.47 Å². The molecule has 1 amide bonds. The molecule has 2 unspecified atom stereocenters. The second-order valence-corrected chi connectivity index (χ2v) is 11.6. The number of alkyl halides is 3. The normalized spacial score (nSPS) is 12.9. The highest BCUT2D eigenvalue weighted by Crippen LogP contribution is 2.36. The number of phenolic OH excluding ortho intramolecular Hbond substituents is 1. The average Bonchev–Trinajstić information content (AvgIpc) is 3.32. The van der Waals surface area contributed by atoms with Gasteiger partial charge in [0.25, 0.3) is 5.91 Å². The third-order valence-corrected chi connectivity index (χ3v) is 8.32. The fourth-order valence-corrected chi connectivity index (χ4v) is 5.81. The number of halogens is 4. The molecule has 0 saturated heterocycles. The van der Waals surface area contributed by atoms with E-state index < -0.39 is 23.8 Å². The van der Waals surface area contributed by atoms with Crippen LogP contribution in [-0.4, -0.2) is 40.0 Å². The number of fused-ring (bicyclic) bond motifs is 1. The fraction of sp³-hybridized carbons (Fsp3) is 0.222. The molecule has 1 heterocycles. The van der Waals surface area contributed by atoms with Crippen molar-refractivity contribution in [3.05, 3.63) is 130 Å². The van der Waals surface area contributed by atoms with E-state index in [1.54, 1.807) is 66.8 Å². The number of aromatic hydroxyl groups is 1. The molecule has 10 heteroatoms. The first kappa shape index (κ1) is 32.6. The molecule has 238 valence electrons. The van der Waals surface area contributed by atoms with Crippen LogP contribution < -0.4 is 4.74 Å². The highest BCUT2D eigenvalue weighted by Gasteiger charge is 2.31. The second kappa shape index (κ2) is 13.3. The van der Waals surface area contributed by atoms with Gasteiger partial charge in [0, 0.05) is 41.7 Å². The number of carbonyl (C=O) groups is 2. The smallest absolute Gasteiger partial charge is 0.416 e. The number of nitrogens with zero attached hydrogens (tertiary/aromatic N) is 2. The Kier molecular flexibility index (Phi) is 9.44. The molecule has 0 aliphatic carbocycles. The molecule has 4 aromatic carbocycles. The summed E-state index contributed by atoms with van der Waals surface area (Å²) in [5.41, 5.74) is 2.21. The SMILES string of the molecule is Cc1c(C(C)C(=O)N(C)CCC(Oc2ccc(C(F)(F)F)cc2)c2ccccc2)c2cc(O)ccc2n1C(=O)c1ccc(Cl)cc1. The van der Waals surface area contributed by atoms with Crippen molar-refractivity contribution in [2.45, 2.75) is 38.5 Å². The second-order valence-electron chi connectivity index (χ2n) is 11.2. The van der Waals surface area contributed by atoms with Crippen molar-refractivity contribution >= 4 is 34.3 Å². The van der Waals surface area contributed by atoms with E-state index in [0.29, 0.717) is 39.2 Å². The van der Waals surface area contributed by atoms with E-state index in [1.807, 2.05) is 30.3 Å². The Morgan fingerprint density at radius 1 is 0.957 bits per heavy atom. The molecule has 0 radical (unpaired) electrons. The van der Waals surface area contributed by atoms with Gasteiger partial charge in [-0.05, 0) is 91.7 Å². The largest absolute Gasteiger partial charge is 0.508 e. The third kappa shape index (κ3) is 6.89. The number of hydrogen-bond donors (Lipinski definition) is 1. The van der Waals surface area contributed by atoms with Gasteiger partial charge in [0.05, 0.1) is 17.0 Å². The topological polar surface area (TPSA) is 71.8 Å². The number of rotatable bonds is 9. The number of carbonyl (C=O) groups excluding carboxylic acids is 2. The maximum Gasteiger partial charge on any atom is 0.416 e. The molecule has 0 fully saturated rings. The monoisotopic (exact) mass is 648 g/mol. The first-order valence-corrected chi connectivity index (χ1v) is 15.0. The number of amides is 1. The number of aromatic nitrogens is 1. The van der Waals surface area contributed by atoms with Crippen molar-refractivity contribution in [3.8, 4) is 11.5 Å². The molecule has 46 heavy (non-hydrogen) atoms. The van der Waals surface area contributed by atoms with Crippen molar-refractivity contribution in [2.24, 2.45) is 0 Å². The van der Waals surface area contributed by atoms with Crippen molar-refractivity contribution < 1.29 is 32.6 Å². The van der Waals surface area contributed by atoms with Gasteiger partial charge >= 0.3 is 6.18 Å². The molecule has 0 bridgehead atoms. The zero-order valence-corrected chi connectivity index (χ0v) is 26.1. The van der Waals surface area contributed by atoms with E-state index in [4.69, 9.17) is 16.3 Å². The van der Waals surface area contributed by atoms with Crippen LogP contribution in [0.3, 0.4) is 0 Å². The summed E-state index contributed by atoms with van der Waals surface area (Å²) in [6.07, 6.45) is -4.64. The van der Waals surface area contributed by atoms with Gasteiger partial charge in [0.15, 0.2) is 0 Å². The summed E-state index contributed by atoms with van der Waals surface area (Å²) in [7, 11) is 1.67. The zero-order chi connectivity index (χ0) is 33.2. The van der Waals surface area contributed by atoms with Crippen LogP contribution in [0.2, 0.25) is 5.02 Å². The van der Waals surface area contributed by atoms with E-state index in [1.165, 1.54) is 18.2 Å². The maximum atomic E-state index is 13.9. The van der Waals surface area contributed by atoms with Crippen molar-refractivity contribution in [1.29, 1.82) is 0 Å². The van der Waals surface area contributed by atoms with Gasteiger partial charge in [-0.2, -0.15) is 13.2 Å². The Morgan fingerprint density at radius 3 is 2.24 bits per heavy atom. The van der Waals surface area contributed by atoms with E-state index in [-0.39, 0.29) is 29.9 Å². The lowest BCUT2D eigenvalue weighted by Crippen LogP contribution is -2.33. The van der Waals surface area contributed by atoms with Gasteiger partial charge in [-0.3, -0.25) is 14.2 Å². The minimum atomic E-state index is -4.45. The van der Waals surface area contributed by atoms with Crippen LogP contribution in [0, 0.1) is 6.92 Å². The molecule has 0 saturated carbocycles. The predicted octanol–water partition coefficient (Wildman–Crippen LogP) is 8.79. The Bertz CT molecular complexity index is 1850. The first-order valence-electron chi connectivity index (χ1n) is 14.6. The van der Waals surface area contributed by atoms with Crippen LogP contribution >= 0.6 is 11.6 Å². The van der Waals surface area contributed by atoms with Gasteiger partial charge < -0.3 is 14.7 Å². The summed E-state index contributed by atoms with van der Waals surface area (Å²) in [5.74, 6) is -0.915. The molecule has 5 aromatic rings. The third-order valence-electron chi connectivity index (χ3n) is 8.07. The van der Waals surface area contributed by atoms with Crippen LogP contribution in [0.1, 0.15) is 58.1 Å². The number of hydrogen-bond acceptors (Lipinski definition) is 4. The molecule has 0 aliphatic rings. The van der Waals surface area contributed by atoms with Gasteiger partial charge in [-0.1, -0.05) is 41.9 Å². The lowest BCUT2D eigenvalue weighted by molar-refractivity contribution is -0.137. The number of likely N-dealkylation sites (N-methyl/N-ethyl adjacent to an activating group) is 1. The lowest BCUT2D eigenvalue weighted by atomic mass is 9.96. The van der Waals surface area contributed by atoms with Crippen molar-refractivity contribution in [2.75, 3.05) is 13.6 Å².